The maximum Gasteiger partial charge on any atom is 0.321 e. The summed E-state index contributed by atoms with van der Waals surface area (Å²) in [5.41, 5.74) is 3.65. The highest BCUT2D eigenvalue weighted by Gasteiger charge is 2.20. The first kappa shape index (κ1) is 11.7. The van der Waals surface area contributed by atoms with E-state index in [0.717, 1.165) is 22.5 Å². The summed E-state index contributed by atoms with van der Waals surface area (Å²) < 4.78 is 0. The zero-order valence-electron chi connectivity index (χ0n) is 10.5. The molecule has 0 bridgehead atoms. The summed E-state index contributed by atoms with van der Waals surface area (Å²) in [5.74, 6) is -0.172. The molecule has 2 amide bonds. The second-order valence-electron chi connectivity index (χ2n) is 4.70. The lowest BCUT2D eigenvalue weighted by molar-refractivity contribution is 0.218. The van der Waals surface area contributed by atoms with E-state index in [2.05, 4.69) is 15.5 Å². The van der Waals surface area contributed by atoms with Crippen LogP contribution in [-0.2, 0) is 11.7 Å². The van der Waals surface area contributed by atoms with Crippen molar-refractivity contribution in [2.24, 2.45) is 10.2 Å². The van der Waals surface area contributed by atoms with Gasteiger partial charge in [0, 0.05) is 32.1 Å². The van der Waals surface area contributed by atoms with Crippen LogP contribution in [0.1, 0.15) is 24.0 Å². The molecule has 0 saturated heterocycles. The zero-order chi connectivity index (χ0) is 13.4. The van der Waals surface area contributed by atoms with E-state index in [1.54, 1.807) is 11.9 Å². The third-order valence-electron chi connectivity index (χ3n) is 3.29. The van der Waals surface area contributed by atoms with Gasteiger partial charge < -0.3 is 10.2 Å². The zero-order valence-corrected chi connectivity index (χ0v) is 10.5. The van der Waals surface area contributed by atoms with Gasteiger partial charge in [-0.25, -0.2) is 4.79 Å². The predicted molar refractivity (Wildman–Crippen MR) is 70.8 cm³/mol. The topological polar surface area (TPSA) is 77.0 Å². The molecular formula is C13H13N4O2. The number of hydrogen-bond acceptors (Lipinski definition) is 3. The van der Waals surface area contributed by atoms with Crippen LogP contribution in [-0.4, -0.2) is 29.6 Å². The third kappa shape index (κ3) is 2.16. The van der Waals surface area contributed by atoms with Crippen LogP contribution in [0.2, 0.25) is 0 Å². The maximum absolute atomic E-state index is 11.5. The van der Waals surface area contributed by atoms with Gasteiger partial charge in [0.05, 0.1) is 5.71 Å². The predicted octanol–water partition coefficient (Wildman–Crippen LogP) is 1.99. The molecule has 0 saturated carbocycles. The molecule has 3 rings (SSSR count). The van der Waals surface area contributed by atoms with Crippen molar-refractivity contribution in [2.75, 3.05) is 12.4 Å². The summed E-state index contributed by atoms with van der Waals surface area (Å²) in [6.45, 7) is 0.568. The van der Waals surface area contributed by atoms with E-state index in [1.807, 2.05) is 18.2 Å². The van der Waals surface area contributed by atoms with Crippen molar-refractivity contribution in [3.05, 3.63) is 29.3 Å². The summed E-state index contributed by atoms with van der Waals surface area (Å²) >= 11 is 0. The molecule has 2 aliphatic heterocycles. The second-order valence-corrected chi connectivity index (χ2v) is 4.70. The minimum Gasteiger partial charge on any atom is -0.323 e. The Hall–Kier alpha value is -2.37. The van der Waals surface area contributed by atoms with Crippen molar-refractivity contribution in [1.82, 2.24) is 4.90 Å². The Morgan fingerprint density at radius 3 is 2.84 bits per heavy atom. The number of amides is 2. The largest absolute Gasteiger partial charge is 0.323 e. The SMILES string of the molecule is CN1Cc2cc(C3=NN=C([O])CC3)ccc2NC1=O. The number of nitrogens with zero attached hydrogens (tertiary/aromatic N) is 3. The normalized spacial score (nSPS) is 18.4. The van der Waals surface area contributed by atoms with Crippen LogP contribution < -0.4 is 5.32 Å². The van der Waals surface area contributed by atoms with Crippen LogP contribution in [0.4, 0.5) is 10.5 Å². The van der Waals surface area contributed by atoms with E-state index in [1.165, 1.54) is 0 Å². The van der Waals surface area contributed by atoms with E-state index in [4.69, 9.17) is 0 Å². The summed E-state index contributed by atoms with van der Waals surface area (Å²) in [7, 11) is 1.75. The first-order valence-corrected chi connectivity index (χ1v) is 6.09. The Labute approximate surface area is 110 Å². The van der Waals surface area contributed by atoms with E-state index >= 15 is 0 Å². The van der Waals surface area contributed by atoms with Gasteiger partial charge in [-0.2, -0.15) is 5.10 Å². The molecule has 6 nitrogen and oxygen atoms in total. The van der Waals surface area contributed by atoms with Crippen molar-refractivity contribution in [2.45, 2.75) is 19.4 Å². The number of hydrogen-bond donors (Lipinski definition) is 1. The van der Waals surface area contributed by atoms with E-state index in [-0.39, 0.29) is 11.9 Å². The van der Waals surface area contributed by atoms with Gasteiger partial charge in [0.1, 0.15) is 0 Å². The fourth-order valence-corrected chi connectivity index (χ4v) is 2.21. The number of rotatable bonds is 1. The Kier molecular flexibility index (Phi) is 2.70. The number of fused-ring (bicyclic) bond motifs is 1. The molecular weight excluding hydrogens is 244 g/mol. The van der Waals surface area contributed by atoms with Crippen molar-refractivity contribution in [3.63, 3.8) is 0 Å². The van der Waals surface area contributed by atoms with E-state index in [0.29, 0.717) is 19.4 Å². The highest BCUT2D eigenvalue weighted by molar-refractivity contribution is 6.04. The Morgan fingerprint density at radius 1 is 1.26 bits per heavy atom. The molecule has 6 heteroatoms. The molecule has 1 N–H and O–H groups in total. The van der Waals surface area contributed by atoms with E-state index in [9.17, 15) is 9.90 Å². The molecule has 1 aromatic carbocycles. The van der Waals surface area contributed by atoms with Crippen molar-refractivity contribution >= 4 is 23.3 Å². The van der Waals surface area contributed by atoms with Crippen molar-refractivity contribution in [1.29, 1.82) is 0 Å². The first-order chi connectivity index (χ1) is 9.13. The van der Waals surface area contributed by atoms with Gasteiger partial charge in [0.15, 0.2) is 0 Å². The summed E-state index contributed by atoms with van der Waals surface area (Å²) in [4.78, 5) is 13.1. The van der Waals surface area contributed by atoms with Gasteiger partial charge in [-0.3, -0.25) is 5.11 Å². The monoisotopic (exact) mass is 257 g/mol. The molecule has 0 aliphatic carbocycles. The molecule has 0 spiro atoms. The smallest absolute Gasteiger partial charge is 0.321 e. The average Bonchev–Trinajstić information content (AvgIpc) is 2.40. The number of nitrogens with one attached hydrogen (secondary N) is 1. The van der Waals surface area contributed by atoms with Crippen LogP contribution in [0, 0.1) is 0 Å². The maximum atomic E-state index is 11.5. The quantitative estimate of drug-likeness (QED) is 0.820. The lowest BCUT2D eigenvalue weighted by atomic mass is 10.0. The molecule has 2 heterocycles. The Bertz CT molecular complexity index is 607. The van der Waals surface area contributed by atoms with Gasteiger partial charge in [0.2, 0.25) is 0 Å². The van der Waals surface area contributed by atoms with Crippen LogP contribution in [0.25, 0.3) is 0 Å². The molecule has 2 aliphatic rings. The van der Waals surface area contributed by atoms with Crippen LogP contribution >= 0.6 is 0 Å². The molecule has 1 aromatic rings. The van der Waals surface area contributed by atoms with Gasteiger partial charge in [-0.05, 0) is 23.3 Å². The van der Waals surface area contributed by atoms with Gasteiger partial charge >= 0.3 is 6.03 Å². The molecule has 1 radical (unpaired) electrons. The van der Waals surface area contributed by atoms with Crippen LogP contribution in [0.5, 0.6) is 0 Å². The third-order valence-corrected chi connectivity index (χ3v) is 3.29. The molecule has 0 atom stereocenters. The number of benzene rings is 1. The molecule has 97 valence electrons. The summed E-state index contributed by atoms with van der Waals surface area (Å²) in [6.07, 6.45) is 1.02. The number of anilines is 1. The number of urea groups is 1. The minimum atomic E-state index is -0.172. The van der Waals surface area contributed by atoms with Crippen molar-refractivity contribution < 1.29 is 9.90 Å². The van der Waals surface area contributed by atoms with Gasteiger partial charge in [-0.15, -0.1) is 5.10 Å². The highest BCUT2D eigenvalue weighted by Crippen LogP contribution is 2.25. The van der Waals surface area contributed by atoms with Crippen LogP contribution in [0.15, 0.2) is 28.4 Å². The molecule has 19 heavy (non-hydrogen) atoms. The fraction of sp³-hybridized carbons (Fsp3) is 0.308. The highest BCUT2D eigenvalue weighted by atomic mass is 16.3. The first-order valence-electron chi connectivity index (χ1n) is 6.09. The van der Waals surface area contributed by atoms with E-state index < -0.39 is 0 Å². The van der Waals surface area contributed by atoms with Crippen molar-refractivity contribution in [3.8, 4) is 0 Å². The molecule has 0 unspecified atom stereocenters. The lowest BCUT2D eigenvalue weighted by Gasteiger charge is -2.26. The van der Waals surface area contributed by atoms with Gasteiger partial charge in [-0.1, -0.05) is 6.07 Å². The second kappa shape index (κ2) is 4.38. The van der Waals surface area contributed by atoms with Gasteiger partial charge in [0.25, 0.3) is 5.90 Å². The number of carbonyl (C=O) groups is 1. The Balaban J connectivity index is 1.94. The fourth-order valence-electron chi connectivity index (χ4n) is 2.21. The number of carbonyl (C=O) groups excluding carboxylic acids is 1. The molecule has 0 fully saturated rings. The molecule has 0 aromatic heterocycles. The average molecular weight is 257 g/mol. The lowest BCUT2D eigenvalue weighted by Crippen LogP contribution is -2.35. The summed E-state index contributed by atoms with van der Waals surface area (Å²) in [6, 6.07) is 5.66. The standard InChI is InChI=1S/C13H13N4O2/c1-17-7-9-6-8(2-3-10(9)14-13(17)19)11-4-5-12(18)16-15-11/h2-3,6H,4-5,7H2,1H3,(H,14,19). The Morgan fingerprint density at radius 2 is 2.11 bits per heavy atom. The minimum absolute atomic E-state index is 0.101. The summed E-state index contributed by atoms with van der Waals surface area (Å²) in [5, 5.41) is 21.4. The van der Waals surface area contributed by atoms with Crippen LogP contribution in [0.3, 0.4) is 0 Å².